The van der Waals surface area contributed by atoms with Crippen molar-refractivity contribution in [2.75, 3.05) is 20.8 Å². The normalized spacial score (nSPS) is 12.5. The molecular formula is C14H18BrN3O2S. The van der Waals surface area contributed by atoms with E-state index in [1.54, 1.807) is 18.9 Å². The molecule has 5 nitrogen and oxygen atoms in total. The fourth-order valence-corrected chi connectivity index (χ4v) is 2.77. The van der Waals surface area contributed by atoms with E-state index in [0.29, 0.717) is 30.5 Å². The second-order valence-electron chi connectivity index (χ2n) is 4.49. The lowest BCUT2D eigenvalue weighted by Gasteiger charge is -2.11. The van der Waals surface area contributed by atoms with Gasteiger partial charge in [-0.05, 0) is 31.3 Å². The predicted octanol–water partition coefficient (Wildman–Crippen LogP) is 2.90. The molecule has 0 aliphatic carbocycles. The Bertz CT molecular complexity index is 547. The van der Waals surface area contributed by atoms with Gasteiger partial charge in [-0.1, -0.05) is 21.1 Å². The third kappa shape index (κ3) is 5.43. The number of thioether (sulfide) groups is 1. The molecule has 2 rings (SSSR count). The molecule has 0 radical (unpaired) electrons. The van der Waals surface area contributed by atoms with Crippen LogP contribution in [0.15, 0.2) is 38.2 Å². The van der Waals surface area contributed by atoms with Crippen LogP contribution in [0.5, 0.6) is 0 Å². The molecule has 0 bridgehead atoms. The zero-order chi connectivity index (χ0) is 15.1. The summed E-state index contributed by atoms with van der Waals surface area (Å²) in [5, 5.41) is 7.17. The summed E-state index contributed by atoms with van der Waals surface area (Å²) < 4.78 is 11.5. The molecule has 1 unspecified atom stereocenters. The summed E-state index contributed by atoms with van der Waals surface area (Å²) in [5.41, 5.74) is 0. The summed E-state index contributed by atoms with van der Waals surface area (Å²) in [7, 11) is 3.57. The van der Waals surface area contributed by atoms with Gasteiger partial charge in [-0.3, -0.25) is 0 Å². The van der Waals surface area contributed by atoms with Gasteiger partial charge in [-0.2, -0.15) is 4.98 Å². The first-order chi connectivity index (χ1) is 10.2. The van der Waals surface area contributed by atoms with Crippen molar-refractivity contribution < 1.29 is 9.26 Å². The van der Waals surface area contributed by atoms with Gasteiger partial charge in [0.15, 0.2) is 5.82 Å². The van der Waals surface area contributed by atoms with Gasteiger partial charge in [0.1, 0.15) is 0 Å². The van der Waals surface area contributed by atoms with E-state index in [-0.39, 0.29) is 6.04 Å². The minimum atomic E-state index is 0.183. The summed E-state index contributed by atoms with van der Waals surface area (Å²) in [6, 6.07) is 8.34. The minimum absolute atomic E-state index is 0.183. The van der Waals surface area contributed by atoms with E-state index in [9.17, 15) is 0 Å². The van der Waals surface area contributed by atoms with Crippen LogP contribution >= 0.6 is 27.7 Å². The number of hydrogen-bond acceptors (Lipinski definition) is 6. The number of ether oxygens (including phenoxy) is 1. The predicted molar refractivity (Wildman–Crippen MR) is 86.4 cm³/mol. The molecule has 1 heterocycles. The number of methoxy groups -OCH3 is 1. The van der Waals surface area contributed by atoms with Crippen LogP contribution in [0.3, 0.4) is 0 Å². The van der Waals surface area contributed by atoms with Crippen molar-refractivity contribution in [2.24, 2.45) is 0 Å². The second kappa shape index (κ2) is 8.53. The Morgan fingerprint density at radius 1 is 1.38 bits per heavy atom. The topological polar surface area (TPSA) is 60.2 Å². The number of rotatable bonds is 8. The lowest BCUT2D eigenvalue weighted by atomic mass is 10.2. The molecule has 0 aliphatic heterocycles. The molecule has 1 aromatic heterocycles. The van der Waals surface area contributed by atoms with Crippen LogP contribution in [-0.4, -0.2) is 36.9 Å². The van der Waals surface area contributed by atoms with Gasteiger partial charge in [-0.25, -0.2) is 0 Å². The van der Waals surface area contributed by atoms with Gasteiger partial charge in [0.05, 0.1) is 12.4 Å². The van der Waals surface area contributed by atoms with Gasteiger partial charge in [0.25, 0.3) is 0 Å². The van der Waals surface area contributed by atoms with Crippen molar-refractivity contribution in [3.63, 3.8) is 0 Å². The van der Waals surface area contributed by atoms with Crippen LogP contribution in [0.2, 0.25) is 0 Å². The minimum Gasteiger partial charge on any atom is -0.383 e. The molecule has 21 heavy (non-hydrogen) atoms. The number of aromatic nitrogens is 2. The molecule has 0 spiro atoms. The average Bonchev–Trinajstić information content (AvgIpc) is 2.94. The number of hydrogen-bond donors (Lipinski definition) is 1. The van der Waals surface area contributed by atoms with Gasteiger partial charge in [-0.15, -0.1) is 11.8 Å². The number of nitrogens with zero attached hydrogens (tertiary/aromatic N) is 2. The first kappa shape index (κ1) is 16.5. The van der Waals surface area contributed by atoms with E-state index in [0.717, 1.165) is 4.47 Å². The number of halogens is 1. The summed E-state index contributed by atoms with van der Waals surface area (Å²) in [5.74, 6) is 2.04. The van der Waals surface area contributed by atoms with Crippen LogP contribution in [0, 0.1) is 0 Å². The smallest absolute Gasteiger partial charge is 0.228 e. The van der Waals surface area contributed by atoms with Crippen LogP contribution in [-0.2, 0) is 16.9 Å². The molecule has 1 N–H and O–H groups in total. The van der Waals surface area contributed by atoms with Gasteiger partial charge in [0.2, 0.25) is 5.89 Å². The Morgan fingerprint density at radius 2 is 2.14 bits per heavy atom. The summed E-state index contributed by atoms with van der Waals surface area (Å²) >= 11 is 5.11. The molecule has 7 heteroatoms. The highest BCUT2D eigenvalue weighted by atomic mass is 79.9. The van der Waals surface area contributed by atoms with Crippen LogP contribution < -0.4 is 5.32 Å². The van der Waals surface area contributed by atoms with Gasteiger partial charge < -0.3 is 14.6 Å². The third-order valence-electron chi connectivity index (χ3n) is 2.89. The molecule has 1 atom stereocenters. The van der Waals surface area contributed by atoms with Crippen LogP contribution in [0.25, 0.3) is 0 Å². The fraction of sp³-hybridized carbons (Fsp3) is 0.429. The largest absolute Gasteiger partial charge is 0.383 e. The molecule has 0 amide bonds. The quantitative estimate of drug-likeness (QED) is 0.719. The molecule has 2 aromatic rings. The van der Waals surface area contributed by atoms with E-state index in [4.69, 9.17) is 9.26 Å². The van der Waals surface area contributed by atoms with E-state index < -0.39 is 0 Å². The highest BCUT2D eigenvalue weighted by molar-refractivity contribution is 9.10. The van der Waals surface area contributed by atoms with Gasteiger partial charge >= 0.3 is 0 Å². The first-order valence-corrected chi connectivity index (χ1v) is 8.35. The highest BCUT2D eigenvalue weighted by Gasteiger charge is 2.13. The molecule has 0 saturated heterocycles. The van der Waals surface area contributed by atoms with E-state index >= 15 is 0 Å². The summed E-state index contributed by atoms with van der Waals surface area (Å²) in [4.78, 5) is 5.59. The van der Waals surface area contributed by atoms with E-state index in [1.165, 1.54) is 4.90 Å². The van der Waals surface area contributed by atoms with Crippen molar-refractivity contribution in [3.8, 4) is 0 Å². The van der Waals surface area contributed by atoms with Crippen molar-refractivity contribution >= 4 is 27.7 Å². The van der Waals surface area contributed by atoms with Crippen molar-refractivity contribution in [1.29, 1.82) is 0 Å². The lowest BCUT2D eigenvalue weighted by Crippen LogP contribution is -2.32. The third-order valence-corrected chi connectivity index (χ3v) is 4.43. The standard InChI is InChI=1S/C14H18BrN3O2S/c1-16-11(8-19-2)7-14-17-13(18-20-14)9-21-12-5-3-10(15)4-6-12/h3-6,11,16H,7-9H2,1-2H3. The molecule has 1 aromatic carbocycles. The van der Waals surface area contributed by atoms with Crippen LogP contribution in [0.1, 0.15) is 11.7 Å². The number of nitrogens with one attached hydrogen (secondary N) is 1. The summed E-state index contributed by atoms with van der Waals surface area (Å²) in [6.07, 6.45) is 0.667. The lowest BCUT2D eigenvalue weighted by molar-refractivity contribution is 0.165. The Balaban J connectivity index is 1.86. The Hall–Kier alpha value is -0.890. The second-order valence-corrected chi connectivity index (χ2v) is 6.46. The Morgan fingerprint density at radius 3 is 2.81 bits per heavy atom. The number of likely N-dealkylation sites (N-methyl/N-ethyl adjacent to an activating group) is 1. The molecule has 0 aliphatic rings. The maximum absolute atomic E-state index is 5.27. The summed E-state index contributed by atoms with van der Waals surface area (Å²) in [6.45, 7) is 0.613. The fourth-order valence-electron chi connectivity index (χ4n) is 1.77. The average molecular weight is 372 g/mol. The zero-order valence-electron chi connectivity index (χ0n) is 12.0. The maximum Gasteiger partial charge on any atom is 0.228 e. The highest BCUT2D eigenvalue weighted by Crippen LogP contribution is 2.23. The van der Waals surface area contributed by atoms with Crippen molar-refractivity contribution in [3.05, 3.63) is 40.5 Å². The van der Waals surface area contributed by atoms with Crippen molar-refractivity contribution in [1.82, 2.24) is 15.5 Å². The van der Waals surface area contributed by atoms with E-state index in [2.05, 4.69) is 43.5 Å². The maximum atomic E-state index is 5.27. The Kier molecular flexibility index (Phi) is 6.69. The molecular weight excluding hydrogens is 354 g/mol. The van der Waals surface area contributed by atoms with Gasteiger partial charge in [0, 0.05) is 28.9 Å². The zero-order valence-corrected chi connectivity index (χ0v) is 14.4. The SMILES string of the molecule is CNC(COC)Cc1nc(CSc2ccc(Br)cc2)no1. The molecule has 0 fully saturated rings. The first-order valence-electron chi connectivity index (χ1n) is 6.57. The monoisotopic (exact) mass is 371 g/mol. The van der Waals surface area contributed by atoms with E-state index in [1.807, 2.05) is 19.2 Å². The Labute approximate surface area is 137 Å². The molecule has 114 valence electrons. The van der Waals surface area contributed by atoms with Crippen molar-refractivity contribution in [2.45, 2.75) is 23.1 Å². The number of benzene rings is 1. The van der Waals surface area contributed by atoms with Crippen LogP contribution in [0.4, 0.5) is 0 Å². The molecule has 0 saturated carbocycles.